The fourth-order valence-electron chi connectivity index (χ4n) is 5.41. The molecule has 0 aliphatic heterocycles. The molecule has 2 aromatic carbocycles. The zero-order valence-electron chi connectivity index (χ0n) is 23.3. The molecule has 1 saturated carbocycles. The number of benzene rings is 2. The summed E-state index contributed by atoms with van der Waals surface area (Å²) >= 11 is 0. The largest absolute Gasteiger partial charge is 0.573 e. The van der Waals surface area contributed by atoms with Crippen LogP contribution in [-0.4, -0.2) is 39.7 Å². The molecule has 1 fully saturated rings. The summed E-state index contributed by atoms with van der Waals surface area (Å²) in [5.41, 5.74) is 1.21. The number of tetrazole rings is 1. The zero-order chi connectivity index (χ0) is 29.8. The number of nitrogens with zero attached hydrogens (tertiary/aromatic N) is 6. The van der Waals surface area contributed by atoms with Gasteiger partial charge < -0.3 is 14.5 Å². The zero-order valence-corrected chi connectivity index (χ0v) is 23.3. The Labute approximate surface area is 235 Å². The maximum atomic E-state index is 13.5. The van der Waals surface area contributed by atoms with Crippen molar-refractivity contribution in [1.29, 1.82) is 0 Å². The van der Waals surface area contributed by atoms with Crippen LogP contribution in [0.4, 0.5) is 38.0 Å². The van der Waals surface area contributed by atoms with Crippen LogP contribution in [0, 0.1) is 12.8 Å². The predicted octanol–water partition coefficient (Wildman–Crippen LogP) is 7.05. The lowest BCUT2D eigenvalue weighted by atomic mass is 9.88. The van der Waals surface area contributed by atoms with E-state index in [0.717, 1.165) is 50.0 Å². The third kappa shape index (κ3) is 8.49. The van der Waals surface area contributed by atoms with Crippen molar-refractivity contribution in [3.8, 4) is 5.75 Å². The summed E-state index contributed by atoms with van der Waals surface area (Å²) in [5.74, 6) is 0.214. The van der Waals surface area contributed by atoms with Crippen LogP contribution in [-0.2, 0) is 26.3 Å². The van der Waals surface area contributed by atoms with E-state index in [-0.39, 0.29) is 24.8 Å². The van der Waals surface area contributed by atoms with Gasteiger partial charge in [0.2, 0.25) is 0 Å². The minimum absolute atomic E-state index is 0.00649. The lowest BCUT2D eigenvalue weighted by Gasteiger charge is -2.33. The summed E-state index contributed by atoms with van der Waals surface area (Å²) in [6.45, 7) is 4.91. The Morgan fingerprint density at radius 3 is 2.29 bits per heavy atom. The normalized spacial score (nSPS) is 14.8. The van der Waals surface area contributed by atoms with E-state index in [2.05, 4.69) is 25.0 Å². The van der Waals surface area contributed by atoms with Gasteiger partial charge in [0.1, 0.15) is 5.75 Å². The highest BCUT2D eigenvalue weighted by molar-refractivity contribution is 5.58. The Morgan fingerprint density at radius 1 is 0.951 bits per heavy atom. The molecule has 3 aromatic rings. The van der Waals surface area contributed by atoms with E-state index in [1.54, 1.807) is 31.0 Å². The van der Waals surface area contributed by atoms with Gasteiger partial charge in [0.05, 0.1) is 12.6 Å². The van der Waals surface area contributed by atoms with Crippen LogP contribution >= 0.6 is 0 Å². The van der Waals surface area contributed by atoms with Crippen LogP contribution < -0.4 is 14.5 Å². The highest BCUT2D eigenvalue weighted by Gasteiger charge is 2.33. The molecule has 0 saturated heterocycles. The molecule has 1 heterocycles. The van der Waals surface area contributed by atoms with Crippen LogP contribution in [0.5, 0.6) is 5.75 Å². The molecule has 0 atom stereocenters. The number of alkyl halides is 6. The van der Waals surface area contributed by atoms with Gasteiger partial charge in [-0.15, -0.1) is 18.3 Å². The third-order valence-corrected chi connectivity index (χ3v) is 7.19. The van der Waals surface area contributed by atoms with Gasteiger partial charge >= 0.3 is 12.5 Å². The van der Waals surface area contributed by atoms with Crippen LogP contribution in [0.1, 0.15) is 61.3 Å². The maximum Gasteiger partial charge on any atom is 0.573 e. The van der Waals surface area contributed by atoms with E-state index in [4.69, 9.17) is 0 Å². The average molecular weight is 585 g/mol. The molecule has 1 aromatic heterocycles. The van der Waals surface area contributed by atoms with Gasteiger partial charge in [0.25, 0.3) is 5.95 Å². The molecule has 13 heteroatoms. The van der Waals surface area contributed by atoms with Crippen LogP contribution in [0.25, 0.3) is 0 Å². The molecule has 0 unspecified atom stereocenters. The Kier molecular flexibility index (Phi) is 9.33. The van der Waals surface area contributed by atoms with E-state index < -0.39 is 18.1 Å². The minimum Gasteiger partial charge on any atom is -0.406 e. The van der Waals surface area contributed by atoms with Crippen LogP contribution in [0.15, 0.2) is 36.4 Å². The van der Waals surface area contributed by atoms with Crippen molar-refractivity contribution in [1.82, 2.24) is 20.2 Å². The third-order valence-electron chi connectivity index (χ3n) is 7.19. The Balaban J connectivity index is 1.73. The topological polar surface area (TPSA) is 59.3 Å². The number of halogens is 6. The Hall–Kier alpha value is -3.51. The van der Waals surface area contributed by atoms with Crippen molar-refractivity contribution < 1.29 is 31.1 Å². The van der Waals surface area contributed by atoms with Gasteiger partial charge in [-0.2, -0.15) is 18.0 Å². The van der Waals surface area contributed by atoms with Gasteiger partial charge in [0, 0.05) is 31.9 Å². The minimum atomic E-state index is -4.88. The lowest BCUT2D eigenvalue weighted by Crippen LogP contribution is -2.32. The smallest absolute Gasteiger partial charge is 0.406 e. The summed E-state index contributed by atoms with van der Waals surface area (Å²) < 4.78 is 84.3. The average Bonchev–Trinajstić information content (AvgIpc) is 3.32. The molecule has 0 amide bonds. The Morgan fingerprint density at radius 2 is 1.68 bits per heavy atom. The standard InChI is InChI=1S/C28H34F6N6O/c1-4-39(16-20-8-6-5-7-9-20)25-11-10-24(41-28(32,33)34)15-22(25)18-40(26-35-37-38(3)36-26)17-21-12-19(2)13-23(14-21)27(29,30)31/h10-15,20H,4-9,16-18H2,1-3H3. The second kappa shape index (κ2) is 12.6. The van der Waals surface area contributed by atoms with Crippen molar-refractivity contribution in [3.05, 3.63) is 58.7 Å². The molecule has 7 nitrogen and oxygen atoms in total. The number of ether oxygens (including phenoxy) is 1. The Bertz CT molecular complexity index is 1300. The van der Waals surface area contributed by atoms with E-state index in [1.165, 1.54) is 23.4 Å². The van der Waals surface area contributed by atoms with Crippen molar-refractivity contribution in [2.24, 2.45) is 13.0 Å². The molecule has 224 valence electrons. The number of anilines is 2. The van der Waals surface area contributed by atoms with E-state index in [0.29, 0.717) is 29.2 Å². The number of hydrogen-bond acceptors (Lipinski definition) is 6. The summed E-state index contributed by atoms with van der Waals surface area (Å²) in [5, 5.41) is 12.2. The molecule has 41 heavy (non-hydrogen) atoms. The first-order valence-corrected chi connectivity index (χ1v) is 13.6. The molecular formula is C28H34F6N6O. The van der Waals surface area contributed by atoms with Gasteiger partial charge in [-0.1, -0.05) is 36.0 Å². The molecule has 0 bridgehead atoms. The van der Waals surface area contributed by atoms with Crippen LogP contribution in [0.3, 0.4) is 0 Å². The molecule has 1 aliphatic carbocycles. The molecular weight excluding hydrogens is 550 g/mol. The molecule has 4 rings (SSSR count). The highest BCUT2D eigenvalue weighted by atomic mass is 19.4. The second-order valence-corrected chi connectivity index (χ2v) is 10.5. The quantitative estimate of drug-likeness (QED) is 0.238. The summed E-state index contributed by atoms with van der Waals surface area (Å²) in [7, 11) is 1.55. The highest BCUT2D eigenvalue weighted by Crippen LogP contribution is 2.34. The fourth-order valence-corrected chi connectivity index (χ4v) is 5.41. The lowest BCUT2D eigenvalue weighted by molar-refractivity contribution is -0.274. The van der Waals surface area contributed by atoms with Gasteiger partial charge in [-0.25, -0.2) is 0 Å². The molecule has 0 N–H and O–H groups in total. The number of hydrogen-bond donors (Lipinski definition) is 0. The first-order valence-electron chi connectivity index (χ1n) is 13.6. The monoisotopic (exact) mass is 584 g/mol. The van der Waals surface area contributed by atoms with Crippen molar-refractivity contribution in [2.45, 2.75) is 71.6 Å². The van der Waals surface area contributed by atoms with Crippen LogP contribution in [0.2, 0.25) is 0 Å². The number of aromatic nitrogens is 4. The summed E-state index contributed by atoms with van der Waals surface area (Å²) in [6.07, 6.45) is -3.74. The number of aryl methyl sites for hydroxylation is 2. The predicted molar refractivity (Wildman–Crippen MR) is 142 cm³/mol. The van der Waals surface area contributed by atoms with E-state index in [9.17, 15) is 26.3 Å². The SMILES string of the molecule is CCN(CC1CCCCC1)c1ccc(OC(F)(F)F)cc1CN(Cc1cc(C)cc(C(F)(F)F)c1)c1nnn(C)n1. The molecule has 0 spiro atoms. The van der Waals surface area contributed by atoms with Gasteiger partial charge in [-0.05, 0) is 79.3 Å². The molecule has 0 radical (unpaired) electrons. The first kappa shape index (κ1) is 30.4. The van der Waals surface area contributed by atoms with Crippen molar-refractivity contribution >= 4 is 11.6 Å². The van der Waals surface area contributed by atoms with E-state index >= 15 is 0 Å². The maximum absolute atomic E-state index is 13.5. The van der Waals surface area contributed by atoms with Gasteiger partial charge in [-0.3, -0.25) is 0 Å². The van der Waals surface area contributed by atoms with Gasteiger partial charge in [0.15, 0.2) is 0 Å². The van der Waals surface area contributed by atoms with Crippen molar-refractivity contribution in [3.63, 3.8) is 0 Å². The summed E-state index contributed by atoms with van der Waals surface area (Å²) in [6, 6.07) is 7.98. The van der Waals surface area contributed by atoms with E-state index in [1.807, 2.05) is 6.92 Å². The second-order valence-electron chi connectivity index (χ2n) is 10.5. The van der Waals surface area contributed by atoms with Crippen molar-refractivity contribution in [2.75, 3.05) is 22.9 Å². The number of rotatable bonds is 10. The fraction of sp³-hybridized carbons (Fsp3) is 0.536. The summed E-state index contributed by atoms with van der Waals surface area (Å²) in [4.78, 5) is 4.96. The first-order chi connectivity index (χ1) is 19.3. The molecule has 1 aliphatic rings.